The molecule has 0 atom stereocenters. The topological polar surface area (TPSA) is 108 Å². The third kappa shape index (κ3) is 6.65. The molecule has 3 aromatic rings. The molecule has 3 rings (SSSR count). The minimum atomic E-state index is -4.15. The Morgan fingerprint density at radius 2 is 1.69 bits per heavy atom. The molecule has 0 bridgehead atoms. The van der Waals surface area contributed by atoms with Crippen LogP contribution in [0.15, 0.2) is 70.7 Å². The van der Waals surface area contributed by atoms with E-state index in [2.05, 4.69) is 10.5 Å². The van der Waals surface area contributed by atoms with Gasteiger partial charge in [-0.05, 0) is 48.5 Å². The molecule has 0 aliphatic heterocycles. The number of sulfonamides is 1. The fourth-order valence-electron chi connectivity index (χ4n) is 3.02. The van der Waals surface area contributed by atoms with Crippen molar-refractivity contribution in [1.29, 1.82) is 0 Å². The van der Waals surface area contributed by atoms with Crippen LogP contribution in [0.25, 0.3) is 0 Å². The Morgan fingerprint density at radius 3 is 2.31 bits per heavy atom. The normalized spacial score (nSPS) is 11.7. The molecule has 0 unspecified atom stereocenters. The van der Waals surface area contributed by atoms with Gasteiger partial charge in [-0.25, -0.2) is 13.8 Å². The van der Waals surface area contributed by atoms with E-state index in [0.717, 1.165) is 4.31 Å². The standard InChI is InChI=1S/C23H20Cl3N3O5S/c1-34-21-7-2-4-15(23(21)31)12-27-28-22(30)14-29(13-18-19(25)5-3-6-20(18)26)35(32,33)17-10-8-16(24)9-11-17/h2-12,31H,13-14H2,1H3,(H,28,30)/b27-12-. The molecule has 8 nitrogen and oxygen atoms in total. The van der Waals surface area contributed by atoms with Crippen LogP contribution >= 0.6 is 34.8 Å². The summed E-state index contributed by atoms with van der Waals surface area (Å²) in [6.07, 6.45) is 1.21. The first-order chi connectivity index (χ1) is 16.6. The van der Waals surface area contributed by atoms with E-state index < -0.39 is 22.5 Å². The number of carbonyl (C=O) groups excluding carboxylic acids is 1. The lowest BCUT2D eigenvalue weighted by Gasteiger charge is -2.22. The molecule has 0 aliphatic rings. The van der Waals surface area contributed by atoms with Crippen molar-refractivity contribution in [3.05, 3.63) is 86.9 Å². The lowest BCUT2D eigenvalue weighted by Crippen LogP contribution is -2.39. The van der Waals surface area contributed by atoms with Gasteiger partial charge in [0.1, 0.15) is 0 Å². The van der Waals surface area contributed by atoms with Gasteiger partial charge in [-0.2, -0.15) is 9.41 Å². The molecule has 1 amide bonds. The molecule has 184 valence electrons. The third-order valence-corrected chi connectivity index (χ3v) is 7.58. The van der Waals surface area contributed by atoms with Gasteiger partial charge in [0.15, 0.2) is 11.5 Å². The maximum atomic E-state index is 13.3. The van der Waals surface area contributed by atoms with Crippen molar-refractivity contribution >= 4 is 56.9 Å². The van der Waals surface area contributed by atoms with E-state index in [-0.39, 0.29) is 38.5 Å². The highest BCUT2D eigenvalue weighted by Gasteiger charge is 2.28. The Labute approximate surface area is 217 Å². The highest BCUT2D eigenvalue weighted by Crippen LogP contribution is 2.29. The molecule has 3 aromatic carbocycles. The van der Waals surface area contributed by atoms with Crippen molar-refractivity contribution in [1.82, 2.24) is 9.73 Å². The monoisotopic (exact) mass is 555 g/mol. The smallest absolute Gasteiger partial charge is 0.255 e. The van der Waals surface area contributed by atoms with E-state index in [1.165, 1.54) is 37.6 Å². The van der Waals surface area contributed by atoms with Crippen molar-refractivity contribution in [3.8, 4) is 11.5 Å². The first-order valence-corrected chi connectivity index (χ1v) is 12.6. The Kier molecular flexibility index (Phi) is 8.98. The van der Waals surface area contributed by atoms with E-state index in [4.69, 9.17) is 39.5 Å². The SMILES string of the molecule is COc1cccc(/C=N\NC(=O)CN(Cc2c(Cl)cccc2Cl)S(=O)(=O)c2ccc(Cl)cc2)c1O. The molecular weight excluding hydrogens is 537 g/mol. The van der Waals surface area contributed by atoms with Crippen molar-refractivity contribution in [2.45, 2.75) is 11.4 Å². The van der Waals surface area contributed by atoms with Crippen LogP contribution < -0.4 is 10.2 Å². The Hall–Kier alpha value is -2.82. The highest BCUT2D eigenvalue weighted by atomic mass is 35.5. The molecule has 0 aromatic heterocycles. The van der Waals surface area contributed by atoms with Crippen LogP contribution in [0.2, 0.25) is 15.1 Å². The number of benzene rings is 3. The fourth-order valence-corrected chi connectivity index (χ4v) is 5.03. The summed E-state index contributed by atoms with van der Waals surface area (Å²) in [5.74, 6) is -0.658. The Balaban J connectivity index is 1.85. The number of phenolic OH excluding ortho intramolecular Hbond substituents is 1. The number of nitrogens with zero attached hydrogens (tertiary/aromatic N) is 2. The fraction of sp³-hybridized carbons (Fsp3) is 0.130. The van der Waals surface area contributed by atoms with Crippen LogP contribution in [0.5, 0.6) is 11.5 Å². The molecule has 0 spiro atoms. The van der Waals surface area contributed by atoms with Gasteiger partial charge >= 0.3 is 0 Å². The van der Waals surface area contributed by atoms with Gasteiger partial charge in [-0.1, -0.05) is 46.9 Å². The molecule has 2 N–H and O–H groups in total. The number of aromatic hydroxyl groups is 1. The average molecular weight is 557 g/mol. The number of nitrogens with one attached hydrogen (secondary N) is 1. The largest absolute Gasteiger partial charge is 0.504 e. The summed E-state index contributed by atoms with van der Waals surface area (Å²) in [7, 11) is -2.75. The van der Waals surface area contributed by atoms with E-state index in [1.807, 2.05) is 0 Å². The molecule has 35 heavy (non-hydrogen) atoms. The van der Waals surface area contributed by atoms with Crippen molar-refractivity contribution in [3.63, 3.8) is 0 Å². The van der Waals surface area contributed by atoms with E-state index in [9.17, 15) is 18.3 Å². The number of rotatable bonds is 9. The summed E-state index contributed by atoms with van der Waals surface area (Å²) >= 11 is 18.4. The second-order valence-electron chi connectivity index (χ2n) is 7.12. The summed E-state index contributed by atoms with van der Waals surface area (Å²) in [6.45, 7) is -0.856. The summed E-state index contributed by atoms with van der Waals surface area (Å²) in [5.41, 5.74) is 2.89. The Morgan fingerprint density at radius 1 is 1.06 bits per heavy atom. The van der Waals surface area contributed by atoms with Gasteiger partial charge in [0, 0.05) is 32.7 Å². The zero-order chi connectivity index (χ0) is 25.6. The van der Waals surface area contributed by atoms with Crippen LogP contribution in [0.4, 0.5) is 0 Å². The predicted molar refractivity (Wildman–Crippen MR) is 136 cm³/mol. The Bertz CT molecular complexity index is 1330. The number of ether oxygens (including phenoxy) is 1. The number of amides is 1. The second-order valence-corrected chi connectivity index (χ2v) is 10.3. The van der Waals surface area contributed by atoms with Gasteiger partial charge < -0.3 is 9.84 Å². The quantitative estimate of drug-likeness (QED) is 0.293. The van der Waals surface area contributed by atoms with Crippen LogP contribution in [-0.4, -0.2) is 43.6 Å². The lowest BCUT2D eigenvalue weighted by atomic mass is 10.2. The number of phenols is 1. The van der Waals surface area contributed by atoms with E-state index >= 15 is 0 Å². The number of methoxy groups -OCH3 is 1. The predicted octanol–water partition coefficient (Wildman–Crippen LogP) is 4.70. The van der Waals surface area contributed by atoms with Crippen LogP contribution in [0.1, 0.15) is 11.1 Å². The van der Waals surface area contributed by atoms with Crippen LogP contribution in [0.3, 0.4) is 0 Å². The summed E-state index contributed by atoms with van der Waals surface area (Å²) < 4.78 is 32.6. The number of carbonyl (C=O) groups is 1. The van der Waals surface area contributed by atoms with Gasteiger partial charge in [0.25, 0.3) is 5.91 Å². The molecule has 0 heterocycles. The first-order valence-electron chi connectivity index (χ1n) is 10.00. The molecular formula is C23H20Cl3N3O5S. The zero-order valence-electron chi connectivity index (χ0n) is 18.3. The maximum absolute atomic E-state index is 13.3. The van der Waals surface area contributed by atoms with Crippen molar-refractivity contribution in [2.75, 3.05) is 13.7 Å². The third-order valence-electron chi connectivity index (χ3n) is 4.81. The maximum Gasteiger partial charge on any atom is 0.255 e. The summed E-state index contributed by atoms with van der Waals surface area (Å²) in [5, 5.41) is 14.8. The number of halogens is 3. The van der Waals surface area contributed by atoms with Gasteiger partial charge in [0.2, 0.25) is 10.0 Å². The minimum absolute atomic E-state index is 0.0670. The summed E-state index contributed by atoms with van der Waals surface area (Å²) in [6, 6.07) is 15.1. The molecule has 0 aliphatic carbocycles. The van der Waals surface area contributed by atoms with Crippen molar-refractivity contribution < 1.29 is 23.1 Å². The molecule has 0 saturated carbocycles. The van der Waals surface area contributed by atoms with Gasteiger partial charge in [0.05, 0.1) is 24.8 Å². The second kappa shape index (κ2) is 11.7. The van der Waals surface area contributed by atoms with Gasteiger partial charge in [-0.3, -0.25) is 4.79 Å². The first kappa shape index (κ1) is 26.8. The van der Waals surface area contributed by atoms with E-state index in [1.54, 1.807) is 36.4 Å². The zero-order valence-corrected chi connectivity index (χ0v) is 21.4. The minimum Gasteiger partial charge on any atom is -0.504 e. The average Bonchev–Trinajstić information content (AvgIpc) is 2.82. The summed E-state index contributed by atoms with van der Waals surface area (Å²) in [4.78, 5) is 12.6. The molecule has 0 fully saturated rings. The van der Waals surface area contributed by atoms with Crippen LogP contribution in [0, 0.1) is 0 Å². The van der Waals surface area contributed by atoms with E-state index in [0.29, 0.717) is 10.6 Å². The number of hydrogen-bond donors (Lipinski definition) is 2. The van der Waals surface area contributed by atoms with Crippen LogP contribution in [-0.2, 0) is 21.4 Å². The number of hydrazone groups is 1. The molecule has 12 heteroatoms. The lowest BCUT2D eigenvalue weighted by molar-refractivity contribution is -0.121. The van der Waals surface area contributed by atoms with Crippen molar-refractivity contribution in [2.24, 2.45) is 5.10 Å². The highest BCUT2D eigenvalue weighted by molar-refractivity contribution is 7.89. The van der Waals surface area contributed by atoms with Gasteiger partial charge in [-0.15, -0.1) is 0 Å². The molecule has 0 saturated heterocycles. The number of para-hydroxylation sites is 1. The number of hydrogen-bond acceptors (Lipinski definition) is 6. The molecule has 0 radical (unpaired) electrons.